The molecule has 0 bridgehead atoms. The van der Waals surface area contributed by atoms with E-state index in [4.69, 9.17) is 21.1 Å². The van der Waals surface area contributed by atoms with Gasteiger partial charge in [-0.15, -0.1) is 22.7 Å². The Hall–Kier alpha value is -1.82. The maximum atomic E-state index is 12.7. The smallest absolute Gasteiger partial charge is 0.338 e. The molecule has 1 unspecified atom stereocenters. The second-order valence-electron chi connectivity index (χ2n) is 6.83. The van der Waals surface area contributed by atoms with Crippen molar-refractivity contribution in [1.82, 2.24) is 9.71 Å². The lowest BCUT2D eigenvalue weighted by atomic mass is 10.2. The molecular weight excluding hydrogens is 480 g/mol. The number of nitrogens with one attached hydrogen (secondary N) is 1. The highest BCUT2D eigenvalue weighted by Gasteiger charge is 2.24. The number of thiophene rings is 1. The van der Waals surface area contributed by atoms with Gasteiger partial charge >= 0.3 is 5.97 Å². The fourth-order valence-electron chi connectivity index (χ4n) is 3.03. The third-order valence-electron chi connectivity index (χ3n) is 4.62. The predicted molar refractivity (Wildman–Crippen MR) is 120 cm³/mol. The molecule has 1 aliphatic rings. The summed E-state index contributed by atoms with van der Waals surface area (Å²) in [6, 6.07) is 7.95. The molecule has 164 valence electrons. The fourth-order valence-corrected chi connectivity index (χ4v) is 6.24. The average Bonchev–Trinajstić information content (AvgIpc) is 3.53. The van der Waals surface area contributed by atoms with Crippen LogP contribution in [0.25, 0.3) is 9.88 Å². The third kappa shape index (κ3) is 5.51. The highest BCUT2D eigenvalue weighted by atomic mass is 35.5. The minimum absolute atomic E-state index is 0.0112. The van der Waals surface area contributed by atoms with Crippen LogP contribution in [0.5, 0.6) is 0 Å². The number of halogens is 1. The van der Waals surface area contributed by atoms with Crippen LogP contribution in [0.15, 0.2) is 46.0 Å². The van der Waals surface area contributed by atoms with Gasteiger partial charge in [-0.05, 0) is 42.5 Å². The number of benzene rings is 1. The molecule has 7 nitrogen and oxygen atoms in total. The first-order valence-corrected chi connectivity index (χ1v) is 13.1. The van der Waals surface area contributed by atoms with Gasteiger partial charge in [0, 0.05) is 18.5 Å². The van der Waals surface area contributed by atoms with Crippen LogP contribution in [0.2, 0.25) is 5.02 Å². The Morgan fingerprint density at radius 1 is 1.32 bits per heavy atom. The summed E-state index contributed by atoms with van der Waals surface area (Å²) < 4.78 is 38.6. The van der Waals surface area contributed by atoms with Crippen LogP contribution >= 0.6 is 34.3 Å². The van der Waals surface area contributed by atoms with Crippen LogP contribution in [-0.2, 0) is 26.1 Å². The minimum atomic E-state index is -3.90. The van der Waals surface area contributed by atoms with Gasteiger partial charge in [-0.2, -0.15) is 0 Å². The molecule has 0 amide bonds. The van der Waals surface area contributed by atoms with E-state index in [1.54, 1.807) is 11.3 Å². The van der Waals surface area contributed by atoms with Gasteiger partial charge in [0.1, 0.15) is 16.5 Å². The summed E-state index contributed by atoms with van der Waals surface area (Å²) in [6.45, 7) is 0.773. The van der Waals surface area contributed by atoms with Crippen molar-refractivity contribution in [2.75, 3.05) is 13.2 Å². The molecule has 1 saturated heterocycles. The summed E-state index contributed by atoms with van der Waals surface area (Å²) in [4.78, 5) is 17.8. The Balaban J connectivity index is 1.41. The van der Waals surface area contributed by atoms with Crippen molar-refractivity contribution in [3.8, 4) is 9.88 Å². The Labute approximate surface area is 193 Å². The topological polar surface area (TPSA) is 94.6 Å². The molecule has 3 aromatic rings. The largest absolute Gasteiger partial charge is 0.456 e. The minimum Gasteiger partial charge on any atom is -0.456 e. The molecule has 4 rings (SSSR count). The first-order valence-electron chi connectivity index (χ1n) is 9.48. The number of nitrogens with zero attached hydrogens (tertiary/aromatic N) is 1. The third-order valence-corrected chi connectivity index (χ3v) is 8.45. The van der Waals surface area contributed by atoms with Gasteiger partial charge in [0.2, 0.25) is 10.0 Å². The van der Waals surface area contributed by atoms with E-state index in [0.717, 1.165) is 22.7 Å². The Kier molecular flexibility index (Phi) is 7.05. The number of carbonyl (C=O) groups excluding carboxylic acids is 1. The molecular formula is C20H19ClN2O5S3. The lowest BCUT2D eigenvalue weighted by Gasteiger charge is -2.13. The summed E-state index contributed by atoms with van der Waals surface area (Å²) in [5, 5.41) is 4.68. The molecule has 1 atom stereocenters. The lowest BCUT2D eigenvalue weighted by Crippen LogP contribution is -2.32. The van der Waals surface area contributed by atoms with Crippen LogP contribution in [0.4, 0.5) is 0 Å². The van der Waals surface area contributed by atoms with Gasteiger partial charge in [-0.25, -0.2) is 22.9 Å². The summed E-state index contributed by atoms with van der Waals surface area (Å²) in [5.74, 6) is -0.655. The molecule has 1 N–H and O–H groups in total. The van der Waals surface area contributed by atoms with Crippen molar-refractivity contribution in [2.24, 2.45) is 0 Å². The molecule has 0 aliphatic carbocycles. The molecule has 0 saturated carbocycles. The fraction of sp³-hybridized carbons (Fsp3) is 0.300. The van der Waals surface area contributed by atoms with E-state index in [1.165, 1.54) is 29.5 Å². The Bertz CT molecular complexity index is 1160. The molecule has 1 fully saturated rings. The SMILES string of the molecule is O=C(OCc1csc(-c2cccs2)n1)c1ccc(Cl)c(S(=O)(=O)NCC2CCCO2)c1. The number of esters is 1. The van der Waals surface area contributed by atoms with E-state index in [-0.39, 0.29) is 34.7 Å². The maximum Gasteiger partial charge on any atom is 0.338 e. The molecule has 1 aromatic carbocycles. The number of sulfonamides is 1. The zero-order valence-electron chi connectivity index (χ0n) is 16.2. The van der Waals surface area contributed by atoms with E-state index in [9.17, 15) is 13.2 Å². The summed E-state index contributed by atoms with van der Waals surface area (Å²) in [7, 11) is -3.90. The van der Waals surface area contributed by atoms with E-state index < -0.39 is 16.0 Å². The zero-order valence-corrected chi connectivity index (χ0v) is 19.5. The molecule has 31 heavy (non-hydrogen) atoms. The molecule has 2 aromatic heterocycles. The molecule has 0 radical (unpaired) electrons. The first-order chi connectivity index (χ1) is 14.9. The number of aromatic nitrogens is 1. The van der Waals surface area contributed by atoms with E-state index in [2.05, 4.69) is 9.71 Å². The standard InChI is InChI=1S/C20H19ClN2O5S3/c21-16-6-5-13(9-18(16)31(25,26)22-10-15-3-1-7-27-15)20(24)28-11-14-12-30-19(23-14)17-4-2-8-29-17/h2,4-6,8-9,12,15,22H,1,3,7,10-11H2. The number of ether oxygens (including phenoxy) is 2. The summed E-state index contributed by atoms with van der Waals surface area (Å²) >= 11 is 9.15. The second-order valence-corrected chi connectivity index (χ2v) is 10.8. The van der Waals surface area contributed by atoms with Gasteiger partial charge in [0.15, 0.2) is 0 Å². The maximum absolute atomic E-state index is 12.7. The van der Waals surface area contributed by atoms with E-state index >= 15 is 0 Å². The van der Waals surface area contributed by atoms with Gasteiger partial charge in [-0.3, -0.25) is 0 Å². The highest BCUT2D eigenvalue weighted by molar-refractivity contribution is 7.89. The molecule has 3 heterocycles. The molecule has 1 aliphatic heterocycles. The van der Waals surface area contributed by atoms with Crippen LogP contribution < -0.4 is 4.72 Å². The Morgan fingerprint density at radius 3 is 2.94 bits per heavy atom. The van der Waals surface area contributed by atoms with Crippen molar-refractivity contribution in [1.29, 1.82) is 0 Å². The lowest BCUT2D eigenvalue weighted by molar-refractivity contribution is 0.0468. The summed E-state index contributed by atoms with van der Waals surface area (Å²) in [6.07, 6.45) is 1.55. The van der Waals surface area contributed by atoms with E-state index in [0.29, 0.717) is 12.3 Å². The van der Waals surface area contributed by atoms with Crippen LogP contribution in [-0.4, -0.2) is 38.6 Å². The van der Waals surface area contributed by atoms with E-state index in [1.807, 2.05) is 22.9 Å². The van der Waals surface area contributed by atoms with Gasteiger partial charge in [0.25, 0.3) is 0 Å². The zero-order chi connectivity index (χ0) is 21.8. The summed E-state index contributed by atoms with van der Waals surface area (Å²) in [5.41, 5.74) is 0.720. The number of hydrogen-bond acceptors (Lipinski definition) is 8. The second kappa shape index (κ2) is 9.76. The molecule has 11 heteroatoms. The van der Waals surface area contributed by atoms with Gasteiger partial charge < -0.3 is 9.47 Å². The normalized spacial score (nSPS) is 16.5. The van der Waals surface area contributed by atoms with Crippen molar-refractivity contribution in [3.05, 3.63) is 57.4 Å². The van der Waals surface area contributed by atoms with Crippen LogP contribution in [0, 0.1) is 0 Å². The van der Waals surface area contributed by atoms with Gasteiger partial charge in [-0.1, -0.05) is 17.7 Å². The number of rotatable bonds is 8. The number of carbonyl (C=O) groups is 1. The average molecular weight is 499 g/mol. The van der Waals surface area contributed by atoms with Crippen molar-refractivity contribution in [3.63, 3.8) is 0 Å². The van der Waals surface area contributed by atoms with Crippen LogP contribution in [0.1, 0.15) is 28.9 Å². The van der Waals surface area contributed by atoms with Crippen molar-refractivity contribution >= 4 is 50.3 Å². The van der Waals surface area contributed by atoms with Gasteiger partial charge in [0.05, 0.1) is 27.3 Å². The van der Waals surface area contributed by atoms with Crippen LogP contribution in [0.3, 0.4) is 0 Å². The first kappa shape index (κ1) is 22.4. The predicted octanol–water partition coefficient (Wildman–Crippen LogP) is 4.34. The monoisotopic (exact) mass is 498 g/mol. The van der Waals surface area contributed by atoms with Crippen molar-refractivity contribution < 1.29 is 22.7 Å². The van der Waals surface area contributed by atoms with Crippen molar-refractivity contribution in [2.45, 2.75) is 30.4 Å². The number of thiazole rings is 1. The Morgan fingerprint density at radius 2 is 2.19 bits per heavy atom. The highest BCUT2D eigenvalue weighted by Crippen LogP contribution is 2.28. The number of hydrogen-bond donors (Lipinski definition) is 1. The molecule has 0 spiro atoms. The quantitative estimate of drug-likeness (QED) is 0.464.